The molecule has 1 aliphatic rings. The van der Waals surface area contributed by atoms with Gasteiger partial charge in [-0.1, -0.05) is 18.2 Å². The number of methoxy groups -OCH3 is 1. The van der Waals surface area contributed by atoms with Crippen molar-refractivity contribution in [3.05, 3.63) is 58.9 Å². The van der Waals surface area contributed by atoms with Crippen molar-refractivity contribution >= 4 is 0 Å². The number of rotatable bonds is 5. The van der Waals surface area contributed by atoms with Crippen LogP contribution in [0.3, 0.4) is 0 Å². The highest BCUT2D eigenvalue weighted by molar-refractivity contribution is 5.41. The van der Waals surface area contributed by atoms with Gasteiger partial charge in [0.1, 0.15) is 11.4 Å². The van der Waals surface area contributed by atoms with Gasteiger partial charge in [0.2, 0.25) is 0 Å². The lowest BCUT2D eigenvalue weighted by Crippen LogP contribution is -2.24. The molecule has 0 saturated carbocycles. The monoisotopic (exact) mass is 315 g/mol. The second-order valence-corrected chi connectivity index (χ2v) is 6.55. The lowest BCUT2D eigenvalue weighted by Gasteiger charge is -2.16. The third-order valence-electron chi connectivity index (χ3n) is 4.00. The average Bonchev–Trinajstić information content (AvgIpc) is 2.80. The second kappa shape index (κ2) is 6.20. The molecule has 0 radical (unpaired) electrons. The van der Waals surface area contributed by atoms with Crippen molar-refractivity contribution < 1.29 is 13.9 Å². The maximum absolute atomic E-state index is 13.7. The second-order valence-electron chi connectivity index (χ2n) is 6.55. The van der Waals surface area contributed by atoms with Gasteiger partial charge in [-0.25, -0.2) is 4.39 Å². The van der Waals surface area contributed by atoms with Crippen molar-refractivity contribution in [1.82, 2.24) is 5.32 Å². The Labute approximate surface area is 136 Å². The summed E-state index contributed by atoms with van der Waals surface area (Å²) >= 11 is 0. The van der Waals surface area contributed by atoms with E-state index in [1.807, 2.05) is 12.1 Å². The number of nitrogens with one attached hydrogen (secondary N) is 1. The Morgan fingerprint density at radius 2 is 1.83 bits per heavy atom. The molecule has 1 heterocycles. The van der Waals surface area contributed by atoms with Crippen LogP contribution in [0.25, 0.3) is 0 Å². The van der Waals surface area contributed by atoms with Gasteiger partial charge in [-0.05, 0) is 48.7 Å². The highest BCUT2D eigenvalue weighted by atomic mass is 19.1. The van der Waals surface area contributed by atoms with Gasteiger partial charge in [0.05, 0.1) is 7.11 Å². The van der Waals surface area contributed by atoms with Gasteiger partial charge < -0.3 is 14.8 Å². The zero-order chi connectivity index (χ0) is 16.4. The van der Waals surface area contributed by atoms with E-state index in [1.54, 1.807) is 6.07 Å². The standard InChI is InChI=1S/C19H22FNO2/c1-19(2)10-15-8-13(4-6-17(15)23-19)11-21-12-14-5-7-18(22-3)16(20)9-14/h4-9,21H,10-12H2,1-3H3. The van der Waals surface area contributed by atoms with Crippen LogP contribution in [0.5, 0.6) is 11.5 Å². The predicted octanol–water partition coefficient (Wildman–Crippen LogP) is 3.84. The van der Waals surface area contributed by atoms with Crippen molar-refractivity contribution in [2.75, 3.05) is 7.11 Å². The quantitative estimate of drug-likeness (QED) is 0.909. The minimum absolute atomic E-state index is 0.116. The number of fused-ring (bicyclic) bond motifs is 1. The normalized spacial score (nSPS) is 15.1. The van der Waals surface area contributed by atoms with Crippen LogP contribution in [-0.2, 0) is 19.5 Å². The molecule has 4 heteroatoms. The van der Waals surface area contributed by atoms with Crippen LogP contribution in [0.1, 0.15) is 30.5 Å². The van der Waals surface area contributed by atoms with Crippen LogP contribution >= 0.6 is 0 Å². The summed E-state index contributed by atoms with van der Waals surface area (Å²) in [5, 5.41) is 3.35. The Hall–Kier alpha value is -2.07. The fourth-order valence-corrected chi connectivity index (χ4v) is 2.94. The number of halogens is 1. The minimum atomic E-state index is -0.330. The fraction of sp³-hybridized carbons (Fsp3) is 0.368. The highest BCUT2D eigenvalue weighted by Crippen LogP contribution is 2.35. The van der Waals surface area contributed by atoms with Gasteiger partial charge in [-0.2, -0.15) is 0 Å². The molecule has 2 aromatic rings. The van der Waals surface area contributed by atoms with Gasteiger partial charge in [0, 0.05) is 19.5 Å². The van der Waals surface area contributed by atoms with Crippen LogP contribution < -0.4 is 14.8 Å². The molecular formula is C19H22FNO2. The summed E-state index contributed by atoms with van der Waals surface area (Å²) in [6.07, 6.45) is 0.930. The molecular weight excluding hydrogens is 293 g/mol. The summed E-state index contributed by atoms with van der Waals surface area (Å²) in [5.74, 6) is 0.926. The van der Waals surface area contributed by atoms with Crippen molar-refractivity contribution in [3.63, 3.8) is 0 Å². The minimum Gasteiger partial charge on any atom is -0.494 e. The van der Waals surface area contributed by atoms with Crippen LogP contribution in [0.4, 0.5) is 4.39 Å². The third kappa shape index (κ3) is 3.64. The molecule has 0 saturated heterocycles. The Morgan fingerprint density at radius 3 is 2.52 bits per heavy atom. The van der Waals surface area contributed by atoms with Crippen LogP contribution in [0.15, 0.2) is 36.4 Å². The molecule has 122 valence electrons. The first kappa shape index (κ1) is 15.8. The highest BCUT2D eigenvalue weighted by Gasteiger charge is 2.29. The topological polar surface area (TPSA) is 30.5 Å². The summed E-state index contributed by atoms with van der Waals surface area (Å²) < 4.78 is 24.5. The summed E-state index contributed by atoms with van der Waals surface area (Å²) in [4.78, 5) is 0. The van der Waals surface area contributed by atoms with E-state index >= 15 is 0 Å². The van der Waals surface area contributed by atoms with E-state index in [0.717, 1.165) is 24.3 Å². The fourth-order valence-electron chi connectivity index (χ4n) is 2.94. The van der Waals surface area contributed by atoms with E-state index < -0.39 is 0 Å². The number of hydrogen-bond acceptors (Lipinski definition) is 3. The SMILES string of the molecule is COc1ccc(CNCc2ccc3c(c2)CC(C)(C)O3)cc1F. The summed E-state index contributed by atoms with van der Waals surface area (Å²) in [7, 11) is 1.47. The molecule has 3 nitrogen and oxygen atoms in total. The lowest BCUT2D eigenvalue weighted by atomic mass is 10.0. The van der Waals surface area contributed by atoms with Crippen LogP contribution in [0.2, 0.25) is 0 Å². The van der Waals surface area contributed by atoms with E-state index in [2.05, 4.69) is 31.3 Å². The van der Waals surface area contributed by atoms with Gasteiger partial charge in [-0.3, -0.25) is 0 Å². The first-order valence-corrected chi connectivity index (χ1v) is 7.81. The van der Waals surface area contributed by atoms with E-state index in [9.17, 15) is 4.39 Å². The van der Waals surface area contributed by atoms with Gasteiger partial charge in [0.15, 0.2) is 11.6 Å². The zero-order valence-corrected chi connectivity index (χ0v) is 13.8. The van der Waals surface area contributed by atoms with E-state index in [0.29, 0.717) is 6.54 Å². The van der Waals surface area contributed by atoms with Gasteiger partial charge in [-0.15, -0.1) is 0 Å². The summed E-state index contributed by atoms with van der Waals surface area (Å²) in [5.41, 5.74) is 3.24. The van der Waals surface area contributed by atoms with Crippen LogP contribution in [-0.4, -0.2) is 12.7 Å². The average molecular weight is 315 g/mol. The van der Waals surface area contributed by atoms with Crippen molar-refractivity contribution in [3.8, 4) is 11.5 Å². The molecule has 0 bridgehead atoms. The summed E-state index contributed by atoms with van der Waals surface area (Å²) in [6, 6.07) is 11.3. The first-order valence-electron chi connectivity index (χ1n) is 7.81. The molecule has 0 unspecified atom stereocenters. The molecule has 23 heavy (non-hydrogen) atoms. The smallest absolute Gasteiger partial charge is 0.165 e. The molecule has 0 aliphatic carbocycles. The van der Waals surface area contributed by atoms with Gasteiger partial charge >= 0.3 is 0 Å². The Morgan fingerprint density at radius 1 is 1.13 bits per heavy atom. The predicted molar refractivity (Wildman–Crippen MR) is 88.3 cm³/mol. The summed E-state index contributed by atoms with van der Waals surface area (Å²) in [6.45, 7) is 5.55. The van der Waals surface area contributed by atoms with Crippen LogP contribution in [0, 0.1) is 5.82 Å². The lowest BCUT2D eigenvalue weighted by molar-refractivity contribution is 0.138. The van der Waals surface area contributed by atoms with E-state index in [-0.39, 0.29) is 17.2 Å². The van der Waals surface area contributed by atoms with Gasteiger partial charge in [0.25, 0.3) is 0 Å². The van der Waals surface area contributed by atoms with Crippen molar-refractivity contribution in [2.24, 2.45) is 0 Å². The molecule has 1 aliphatic heterocycles. The number of benzene rings is 2. The molecule has 0 aromatic heterocycles. The molecule has 0 fully saturated rings. The zero-order valence-electron chi connectivity index (χ0n) is 13.8. The Balaban J connectivity index is 1.59. The maximum atomic E-state index is 13.7. The van der Waals surface area contributed by atoms with Crippen molar-refractivity contribution in [2.45, 2.75) is 39.0 Å². The Bertz CT molecular complexity index is 713. The number of ether oxygens (including phenoxy) is 2. The third-order valence-corrected chi connectivity index (χ3v) is 4.00. The molecule has 3 rings (SSSR count). The molecule has 0 amide bonds. The molecule has 0 atom stereocenters. The molecule has 0 spiro atoms. The molecule has 2 aromatic carbocycles. The Kier molecular flexibility index (Phi) is 4.26. The van der Waals surface area contributed by atoms with E-state index in [4.69, 9.17) is 9.47 Å². The maximum Gasteiger partial charge on any atom is 0.165 e. The number of hydrogen-bond donors (Lipinski definition) is 1. The first-order chi connectivity index (χ1) is 11.0. The van der Waals surface area contributed by atoms with Crippen molar-refractivity contribution in [1.29, 1.82) is 0 Å². The largest absolute Gasteiger partial charge is 0.494 e. The van der Waals surface area contributed by atoms with E-state index in [1.165, 1.54) is 24.3 Å². The molecule has 1 N–H and O–H groups in total.